The first-order valence-corrected chi connectivity index (χ1v) is 8.57. The summed E-state index contributed by atoms with van der Waals surface area (Å²) in [6, 6.07) is 12.3. The van der Waals surface area contributed by atoms with Gasteiger partial charge in [0.05, 0.1) is 24.6 Å². The van der Waals surface area contributed by atoms with E-state index in [1.165, 1.54) is 24.3 Å². The Morgan fingerprint density at radius 1 is 1.14 bits per heavy atom. The zero-order chi connectivity index (χ0) is 19.8. The number of aliphatic hydroxyl groups is 1. The van der Waals surface area contributed by atoms with Crippen LogP contribution in [-0.2, 0) is 4.79 Å². The van der Waals surface area contributed by atoms with E-state index in [2.05, 4.69) is 0 Å². The minimum absolute atomic E-state index is 0.0181. The molecule has 1 N–H and O–H groups in total. The molecular formula is C21H17NO6. The van der Waals surface area contributed by atoms with Gasteiger partial charge in [-0.15, -0.1) is 0 Å². The molecule has 0 fully saturated rings. The van der Waals surface area contributed by atoms with E-state index in [0.29, 0.717) is 23.0 Å². The molecule has 1 aliphatic rings. The van der Waals surface area contributed by atoms with E-state index in [9.17, 15) is 14.7 Å². The lowest BCUT2D eigenvalue weighted by molar-refractivity contribution is -0.117. The summed E-state index contributed by atoms with van der Waals surface area (Å²) in [7, 11) is 1.48. The fraction of sp³-hybridized carbons (Fsp3) is 0.143. The zero-order valence-corrected chi connectivity index (χ0v) is 15.2. The van der Waals surface area contributed by atoms with E-state index in [0.717, 1.165) is 0 Å². The minimum atomic E-state index is -0.963. The number of benzene rings is 1. The highest BCUT2D eigenvalue weighted by Crippen LogP contribution is 2.45. The molecule has 7 nitrogen and oxygen atoms in total. The number of ether oxygens (including phenoxy) is 1. The lowest BCUT2D eigenvalue weighted by Crippen LogP contribution is -2.31. The van der Waals surface area contributed by atoms with Crippen LogP contribution in [0.5, 0.6) is 5.75 Å². The van der Waals surface area contributed by atoms with Crippen LogP contribution in [0.4, 0.5) is 5.69 Å². The first-order valence-electron chi connectivity index (χ1n) is 8.57. The van der Waals surface area contributed by atoms with Crippen molar-refractivity contribution in [2.45, 2.75) is 13.0 Å². The number of para-hydroxylation sites is 2. The third-order valence-corrected chi connectivity index (χ3v) is 4.57. The van der Waals surface area contributed by atoms with Gasteiger partial charge in [0.1, 0.15) is 23.3 Å². The molecule has 142 valence electrons. The number of aliphatic hydroxyl groups excluding tert-OH is 1. The average molecular weight is 379 g/mol. The molecule has 1 aliphatic heterocycles. The maximum absolute atomic E-state index is 13.0. The second kappa shape index (κ2) is 6.77. The van der Waals surface area contributed by atoms with Gasteiger partial charge in [-0.3, -0.25) is 14.5 Å². The molecule has 28 heavy (non-hydrogen) atoms. The Morgan fingerprint density at radius 3 is 2.57 bits per heavy atom. The van der Waals surface area contributed by atoms with Crippen molar-refractivity contribution >= 4 is 17.4 Å². The Kier molecular flexibility index (Phi) is 4.27. The number of rotatable bonds is 5. The van der Waals surface area contributed by atoms with Crippen molar-refractivity contribution in [1.29, 1.82) is 0 Å². The molecule has 0 radical (unpaired) electrons. The number of furan rings is 2. The first kappa shape index (κ1) is 17.7. The summed E-state index contributed by atoms with van der Waals surface area (Å²) < 4.78 is 16.3. The van der Waals surface area contributed by atoms with Crippen molar-refractivity contribution in [3.05, 3.63) is 83.4 Å². The Hall–Kier alpha value is -3.74. The van der Waals surface area contributed by atoms with Gasteiger partial charge < -0.3 is 18.7 Å². The van der Waals surface area contributed by atoms with Gasteiger partial charge in [-0.25, -0.2) is 0 Å². The summed E-state index contributed by atoms with van der Waals surface area (Å²) in [6.07, 6.45) is 1.35. The number of carbonyl (C=O) groups excluding carboxylic acids is 2. The molecule has 1 amide bonds. The van der Waals surface area contributed by atoms with Crippen LogP contribution in [0, 0.1) is 6.92 Å². The summed E-state index contributed by atoms with van der Waals surface area (Å²) in [4.78, 5) is 27.3. The summed E-state index contributed by atoms with van der Waals surface area (Å²) >= 11 is 0. The van der Waals surface area contributed by atoms with Crippen LogP contribution in [0.2, 0.25) is 0 Å². The van der Waals surface area contributed by atoms with Crippen molar-refractivity contribution in [1.82, 2.24) is 0 Å². The number of nitrogens with zero attached hydrogens (tertiary/aromatic N) is 1. The smallest absolute Gasteiger partial charge is 0.294 e. The van der Waals surface area contributed by atoms with Crippen molar-refractivity contribution in [2.75, 3.05) is 12.0 Å². The quantitative estimate of drug-likeness (QED) is 0.674. The van der Waals surface area contributed by atoms with Crippen LogP contribution in [0.25, 0.3) is 0 Å². The molecule has 3 heterocycles. The molecule has 0 saturated carbocycles. The van der Waals surface area contributed by atoms with E-state index >= 15 is 0 Å². The number of carbonyl (C=O) groups is 2. The monoisotopic (exact) mass is 379 g/mol. The highest BCUT2D eigenvalue weighted by Gasteiger charge is 2.47. The van der Waals surface area contributed by atoms with Gasteiger partial charge in [0, 0.05) is 0 Å². The minimum Gasteiger partial charge on any atom is -0.503 e. The number of ketones is 1. The zero-order valence-electron chi connectivity index (χ0n) is 15.2. The van der Waals surface area contributed by atoms with Crippen molar-refractivity contribution < 1.29 is 28.3 Å². The Labute approximate surface area is 160 Å². The molecule has 1 aromatic carbocycles. The number of hydrogen-bond acceptors (Lipinski definition) is 6. The van der Waals surface area contributed by atoms with Gasteiger partial charge in [-0.2, -0.15) is 0 Å². The Balaban J connectivity index is 1.90. The van der Waals surface area contributed by atoms with Crippen molar-refractivity contribution in [2.24, 2.45) is 0 Å². The molecule has 0 spiro atoms. The van der Waals surface area contributed by atoms with E-state index < -0.39 is 23.5 Å². The average Bonchev–Trinajstić information content (AvgIpc) is 3.43. The lowest BCUT2D eigenvalue weighted by atomic mass is 9.99. The highest BCUT2D eigenvalue weighted by molar-refractivity contribution is 6.20. The maximum atomic E-state index is 13.0. The molecule has 3 aromatic rings. The molecule has 0 aliphatic carbocycles. The maximum Gasteiger partial charge on any atom is 0.294 e. The SMILES string of the molecule is COc1ccccc1N1C(=O)C(O)=C(C(=O)c2ccco2)C1c1ccc(C)o1. The number of anilines is 1. The van der Waals surface area contributed by atoms with Crippen LogP contribution >= 0.6 is 0 Å². The van der Waals surface area contributed by atoms with Crippen molar-refractivity contribution in [3.8, 4) is 5.75 Å². The summed E-state index contributed by atoms with van der Waals surface area (Å²) in [5, 5.41) is 10.6. The molecule has 1 unspecified atom stereocenters. The van der Waals surface area contributed by atoms with E-state index in [4.69, 9.17) is 13.6 Å². The van der Waals surface area contributed by atoms with Gasteiger partial charge in [-0.05, 0) is 43.3 Å². The van der Waals surface area contributed by atoms with E-state index in [-0.39, 0.29) is 11.3 Å². The molecule has 7 heteroatoms. The van der Waals surface area contributed by atoms with E-state index in [1.54, 1.807) is 49.4 Å². The number of methoxy groups -OCH3 is 1. The van der Waals surface area contributed by atoms with Crippen LogP contribution in [-0.4, -0.2) is 23.9 Å². The Morgan fingerprint density at radius 2 is 1.93 bits per heavy atom. The van der Waals surface area contributed by atoms with Gasteiger partial charge in [-0.1, -0.05) is 12.1 Å². The second-order valence-electron chi connectivity index (χ2n) is 6.27. The van der Waals surface area contributed by atoms with Gasteiger partial charge >= 0.3 is 0 Å². The summed E-state index contributed by atoms with van der Waals surface area (Å²) in [5.74, 6) is -0.570. The topological polar surface area (TPSA) is 93.1 Å². The molecule has 0 saturated heterocycles. The molecule has 0 bridgehead atoms. The van der Waals surface area contributed by atoms with Crippen molar-refractivity contribution in [3.63, 3.8) is 0 Å². The third-order valence-electron chi connectivity index (χ3n) is 4.57. The van der Waals surface area contributed by atoms with Crippen LogP contribution in [0.15, 0.2) is 75.0 Å². The predicted octanol–water partition coefficient (Wildman–Crippen LogP) is 3.97. The van der Waals surface area contributed by atoms with Gasteiger partial charge in [0.2, 0.25) is 5.78 Å². The molecule has 4 rings (SSSR count). The molecular weight excluding hydrogens is 362 g/mol. The predicted molar refractivity (Wildman–Crippen MR) is 99.4 cm³/mol. The number of hydrogen-bond donors (Lipinski definition) is 1. The summed E-state index contributed by atoms with van der Waals surface area (Å²) in [6.45, 7) is 1.76. The van der Waals surface area contributed by atoms with Crippen LogP contribution < -0.4 is 9.64 Å². The normalized spacial score (nSPS) is 16.7. The molecule has 2 aromatic heterocycles. The fourth-order valence-electron chi connectivity index (χ4n) is 3.32. The van der Waals surface area contributed by atoms with Gasteiger partial charge in [0.25, 0.3) is 5.91 Å². The first-order chi connectivity index (χ1) is 13.5. The molecule has 1 atom stereocenters. The number of Topliss-reactive ketones (excluding diaryl/α,β-unsaturated/α-hetero) is 1. The number of amides is 1. The van der Waals surface area contributed by atoms with E-state index in [1.807, 2.05) is 0 Å². The lowest BCUT2D eigenvalue weighted by Gasteiger charge is -2.26. The third kappa shape index (κ3) is 2.68. The largest absolute Gasteiger partial charge is 0.503 e. The summed E-state index contributed by atoms with van der Waals surface area (Å²) in [5.41, 5.74) is 0.294. The standard InChI is InChI=1S/C21H17NO6/c1-12-9-10-15(28-12)18-17(19(23)16-8-5-11-27-16)20(24)21(25)22(18)13-6-3-4-7-14(13)26-2/h3-11,18,24H,1-2H3. The highest BCUT2D eigenvalue weighted by atomic mass is 16.5. The fourth-order valence-corrected chi connectivity index (χ4v) is 3.32. The second-order valence-corrected chi connectivity index (χ2v) is 6.27. The van der Waals surface area contributed by atoms with Crippen LogP contribution in [0.1, 0.15) is 28.1 Å². The van der Waals surface area contributed by atoms with Crippen LogP contribution in [0.3, 0.4) is 0 Å². The Bertz CT molecular complexity index is 1080. The van der Waals surface area contributed by atoms with Gasteiger partial charge in [0.15, 0.2) is 11.5 Å². The number of aryl methyl sites for hydroxylation is 1.